The number of amidine groups is 1. The summed E-state index contributed by atoms with van der Waals surface area (Å²) in [5.41, 5.74) is 5.21. The standard InChI is InChI=1S/C22H24N2O3S2/c1-14-7-9-17(10-8-14)11-21(25)23-22-24(18-6-4-5-15(2)16(18)3)19-12-29(26,27)13-20(19)28-22/h4-10,19-20H,11-13H2,1-3H3/t19-,20-/m1/s1. The minimum atomic E-state index is -3.08. The first-order chi connectivity index (χ1) is 13.7. The molecule has 0 bridgehead atoms. The van der Waals surface area contributed by atoms with Crippen LogP contribution in [0.5, 0.6) is 0 Å². The van der Waals surface area contributed by atoms with Gasteiger partial charge in [0.05, 0.1) is 24.0 Å². The van der Waals surface area contributed by atoms with E-state index in [2.05, 4.69) is 4.99 Å². The van der Waals surface area contributed by atoms with Crippen LogP contribution in [0.4, 0.5) is 5.69 Å². The van der Waals surface area contributed by atoms with Crippen LogP contribution in [0.3, 0.4) is 0 Å². The van der Waals surface area contributed by atoms with E-state index >= 15 is 0 Å². The largest absolute Gasteiger partial charge is 0.315 e. The second-order valence-corrected chi connectivity index (χ2v) is 11.2. The van der Waals surface area contributed by atoms with E-state index in [4.69, 9.17) is 0 Å². The van der Waals surface area contributed by atoms with E-state index in [0.717, 1.165) is 27.9 Å². The third kappa shape index (κ3) is 4.12. The zero-order chi connectivity index (χ0) is 20.8. The van der Waals surface area contributed by atoms with Gasteiger partial charge in [-0.1, -0.05) is 53.7 Å². The lowest BCUT2D eigenvalue weighted by atomic mass is 10.1. The number of fused-ring (bicyclic) bond motifs is 1. The molecule has 2 saturated heterocycles. The van der Waals surface area contributed by atoms with Gasteiger partial charge in [0, 0.05) is 10.9 Å². The number of sulfone groups is 1. The Morgan fingerprint density at radius 1 is 1.10 bits per heavy atom. The van der Waals surface area contributed by atoms with E-state index in [1.54, 1.807) is 0 Å². The number of carbonyl (C=O) groups excluding carboxylic acids is 1. The third-order valence-corrected chi connectivity index (χ3v) is 8.81. The number of anilines is 1. The average Bonchev–Trinajstić information content (AvgIpc) is 3.10. The molecule has 0 aliphatic carbocycles. The van der Waals surface area contributed by atoms with Gasteiger partial charge in [-0.25, -0.2) is 8.42 Å². The van der Waals surface area contributed by atoms with Crippen LogP contribution in [0.25, 0.3) is 0 Å². The lowest BCUT2D eigenvalue weighted by Gasteiger charge is -2.26. The highest BCUT2D eigenvalue weighted by Gasteiger charge is 2.49. The fraction of sp³-hybridized carbons (Fsp3) is 0.364. The van der Waals surface area contributed by atoms with E-state index in [-0.39, 0.29) is 35.1 Å². The van der Waals surface area contributed by atoms with Gasteiger partial charge in [-0.2, -0.15) is 4.99 Å². The van der Waals surface area contributed by atoms with Crippen molar-refractivity contribution in [1.82, 2.24) is 0 Å². The first-order valence-electron chi connectivity index (χ1n) is 9.63. The number of carbonyl (C=O) groups is 1. The van der Waals surface area contributed by atoms with Crippen molar-refractivity contribution in [3.63, 3.8) is 0 Å². The summed E-state index contributed by atoms with van der Waals surface area (Å²) in [5, 5.41) is 0.520. The molecule has 0 unspecified atom stereocenters. The van der Waals surface area contributed by atoms with Gasteiger partial charge in [-0.05, 0) is 43.5 Å². The lowest BCUT2D eigenvalue weighted by Crippen LogP contribution is -2.38. The zero-order valence-electron chi connectivity index (χ0n) is 16.8. The monoisotopic (exact) mass is 428 g/mol. The minimum absolute atomic E-state index is 0.0918. The number of benzene rings is 2. The number of aryl methyl sites for hydroxylation is 2. The Morgan fingerprint density at radius 3 is 2.55 bits per heavy atom. The van der Waals surface area contributed by atoms with Crippen LogP contribution in [0.15, 0.2) is 47.5 Å². The fourth-order valence-corrected chi connectivity index (χ4v) is 7.79. The molecule has 4 rings (SSSR count). The molecule has 0 aromatic heterocycles. The zero-order valence-corrected chi connectivity index (χ0v) is 18.4. The van der Waals surface area contributed by atoms with Gasteiger partial charge < -0.3 is 4.90 Å². The number of amides is 1. The molecule has 2 heterocycles. The Bertz CT molecular complexity index is 1090. The molecule has 0 radical (unpaired) electrons. The average molecular weight is 429 g/mol. The molecule has 0 N–H and O–H groups in total. The molecule has 29 heavy (non-hydrogen) atoms. The summed E-state index contributed by atoms with van der Waals surface area (Å²) in [7, 11) is -3.08. The number of hydrogen-bond acceptors (Lipinski definition) is 4. The Hall–Kier alpha value is -2.12. The van der Waals surface area contributed by atoms with E-state index < -0.39 is 9.84 Å². The molecule has 152 valence electrons. The number of aliphatic imine (C=N–C) groups is 1. The Kier molecular flexibility index (Phi) is 5.29. The molecule has 1 amide bonds. The maximum Gasteiger partial charge on any atom is 0.252 e. The maximum atomic E-state index is 12.7. The summed E-state index contributed by atoms with van der Waals surface area (Å²) in [5.74, 6) is 0.0208. The van der Waals surface area contributed by atoms with Crippen LogP contribution >= 0.6 is 11.8 Å². The van der Waals surface area contributed by atoms with E-state index in [0.29, 0.717) is 5.17 Å². The molecule has 2 aliphatic rings. The SMILES string of the molecule is Cc1ccc(CC(=O)N=C2S[C@@H]3CS(=O)(=O)C[C@H]3N2c2cccc(C)c2C)cc1. The quantitative estimate of drug-likeness (QED) is 0.749. The molecule has 2 atom stereocenters. The molecule has 5 nitrogen and oxygen atoms in total. The lowest BCUT2D eigenvalue weighted by molar-refractivity contribution is -0.117. The molecule has 7 heteroatoms. The first kappa shape index (κ1) is 20.2. The van der Waals surface area contributed by atoms with Crippen molar-refractivity contribution in [1.29, 1.82) is 0 Å². The van der Waals surface area contributed by atoms with Crippen molar-refractivity contribution in [3.8, 4) is 0 Å². The number of nitrogens with zero attached hydrogens (tertiary/aromatic N) is 2. The van der Waals surface area contributed by atoms with Crippen molar-refractivity contribution in [2.75, 3.05) is 16.4 Å². The van der Waals surface area contributed by atoms with Crippen LogP contribution in [-0.2, 0) is 21.1 Å². The van der Waals surface area contributed by atoms with E-state index in [1.165, 1.54) is 11.8 Å². The van der Waals surface area contributed by atoms with Crippen LogP contribution < -0.4 is 4.90 Å². The summed E-state index contributed by atoms with van der Waals surface area (Å²) in [6, 6.07) is 13.6. The predicted molar refractivity (Wildman–Crippen MR) is 120 cm³/mol. The van der Waals surface area contributed by atoms with Crippen molar-refractivity contribution >= 4 is 38.4 Å². The second-order valence-electron chi connectivity index (χ2n) is 7.84. The van der Waals surface area contributed by atoms with Gasteiger partial charge in [0.1, 0.15) is 0 Å². The summed E-state index contributed by atoms with van der Waals surface area (Å²) in [6.45, 7) is 6.07. The van der Waals surface area contributed by atoms with Crippen LogP contribution in [0.1, 0.15) is 22.3 Å². The fourth-order valence-electron chi connectivity index (χ4n) is 3.87. The van der Waals surface area contributed by atoms with Gasteiger partial charge >= 0.3 is 0 Å². The normalized spacial score (nSPS) is 24.1. The Balaban J connectivity index is 1.67. The van der Waals surface area contributed by atoms with Gasteiger partial charge in [-0.3, -0.25) is 4.79 Å². The number of rotatable bonds is 3. The topological polar surface area (TPSA) is 66.8 Å². The molecule has 2 aromatic rings. The number of thioether (sulfide) groups is 1. The van der Waals surface area contributed by atoms with Crippen LogP contribution in [-0.4, -0.2) is 42.3 Å². The summed E-state index contributed by atoms with van der Waals surface area (Å²) >= 11 is 1.42. The van der Waals surface area contributed by atoms with Gasteiger partial charge in [0.25, 0.3) is 5.91 Å². The number of hydrogen-bond donors (Lipinski definition) is 0. The molecule has 0 saturated carbocycles. The third-order valence-electron chi connectivity index (χ3n) is 5.60. The van der Waals surface area contributed by atoms with Gasteiger partial charge in [0.15, 0.2) is 15.0 Å². The van der Waals surface area contributed by atoms with Crippen LogP contribution in [0, 0.1) is 20.8 Å². The highest BCUT2D eigenvalue weighted by molar-refractivity contribution is 8.16. The highest BCUT2D eigenvalue weighted by Crippen LogP contribution is 2.42. The van der Waals surface area contributed by atoms with E-state index in [9.17, 15) is 13.2 Å². The smallest absolute Gasteiger partial charge is 0.252 e. The second kappa shape index (κ2) is 7.61. The maximum absolute atomic E-state index is 12.7. The molecular formula is C22H24N2O3S2. The van der Waals surface area contributed by atoms with Crippen molar-refractivity contribution in [2.24, 2.45) is 4.99 Å². The molecular weight excluding hydrogens is 404 g/mol. The Labute approximate surface area is 176 Å². The summed E-state index contributed by atoms with van der Waals surface area (Å²) in [4.78, 5) is 19.1. The molecule has 0 spiro atoms. The van der Waals surface area contributed by atoms with Crippen molar-refractivity contribution in [3.05, 3.63) is 64.7 Å². The van der Waals surface area contributed by atoms with Gasteiger partial charge in [-0.15, -0.1) is 0 Å². The predicted octanol–water partition coefficient (Wildman–Crippen LogP) is 3.46. The Morgan fingerprint density at radius 2 is 1.83 bits per heavy atom. The molecule has 2 aliphatic heterocycles. The van der Waals surface area contributed by atoms with E-state index in [1.807, 2.05) is 68.1 Å². The first-order valence-corrected chi connectivity index (χ1v) is 12.3. The van der Waals surface area contributed by atoms with Gasteiger partial charge in [0.2, 0.25) is 0 Å². The van der Waals surface area contributed by atoms with Crippen LogP contribution in [0.2, 0.25) is 0 Å². The highest BCUT2D eigenvalue weighted by atomic mass is 32.2. The molecule has 2 aromatic carbocycles. The molecule has 2 fully saturated rings. The summed E-state index contributed by atoms with van der Waals surface area (Å²) < 4.78 is 24.4. The minimum Gasteiger partial charge on any atom is -0.315 e. The summed E-state index contributed by atoms with van der Waals surface area (Å²) in [6.07, 6.45) is 0.235. The van der Waals surface area contributed by atoms with Crippen molar-refractivity contribution < 1.29 is 13.2 Å². The van der Waals surface area contributed by atoms with Crippen molar-refractivity contribution in [2.45, 2.75) is 38.5 Å².